The Balaban J connectivity index is 1.94. The highest BCUT2D eigenvalue weighted by molar-refractivity contribution is 6.01. The maximum atomic E-state index is 13.2. The van der Waals surface area contributed by atoms with Crippen LogP contribution >= 0.6 is 0 Å². The van der Waals surface area contributed by atoms with E-state index in [1.165, 1.54) is 0 Å². The number of benzene rings is 3. The van der Waals surface area contributed by atoms with Crippen LogP contribution in [0.25, 0.3) is 0 Å². The fraction of sp³-hybridized carbons (Fsp3) is 0.136. The van der Waals surface area contributed by atoms with Crippen molar-refractivity contribution in [1.82, 2.24) is 0 Å². The summed E-state index contributed by atoms with van der Waals surface area (Å²) in [6.45, 7) is 1.76. The van der Waals surface area contributed by atoms with Crippen molar-refractivity contribution in [3.8, 4) is 0 Å². The first-order chi connectivity index (χ1) is 12.2. The highest BCUT2D eigenvalue weighted by Crippen LogP contribution is 2.31. The zero-order valence-electron chi connectivity index (χ0n) is 14.1. The van der Waals surface area contributed by atoms with Gasteiger partial charge in [-0.3, -0.25) is 9.69 Å². The van der Waals surface area contributed by atoms with E-state index in [2.05, 4.69) is 0 Å². The van der Waals surface area contributed by atoms with E-state index in [9.17, 15) is 9.90 Å². The number of nitrogens with zero attached hydrogens (tertiary/aromatic N) is 1. The molecule has 3 heteroatoms. The summed E-state index contributed by atoms with van der Waals surface area (Å²) in [6, 6.07) is 28.3. The molecule has 25 heavy (non-hydrogen) atoms. The lowest BCUT2D eigenvalue weighted by Crippen LogP contribution is -2.34. The third kappa shape index (κ3) is 3.78. The Hall–Kier alpha value is -2.91. The molecule has 0 fully saturated rings. The summed E-state index contributed by atoms with van der Waals surface area (Å²) in [5.74, 6) is -0.725. The molecule has 0 bridgehead atoms. The van der Waals surface area contributed by atoms with Gasteiger partial charge in [0.15, 0.2) is 0 Å². The fourth-order valence-corrected chi connectivity index (χ4v) is 2.84. The minimum Gasteiger partial charge on any atom is -0.388 e. The van der Waals surface area contributed by atoms with Crippen LogP contribution in [0.15, 0.2) is 91.0 Å². The summed E-state index contributed by atoms with van der Waals surface area (Å²) in [4.78, 5) is 14.9. The molecular weight excluding hydrogens is 310 g/mol. The molecule has 0 aromatic heterocycles. The molecule has 0 heterocycles. The lowest BCUT2D eigenvalue weighted by molar-refractivity contribution is -0.124. The van der Waals surface area contributed by atoms with E-state index < -0.39 is 12.0 Å². The van der Waals surface area contributed by atoms with Crippen molar-refractivity contribution in [3.63, 3.8) is 0 Å². The Kier molecular flexibility index (Phi) is 5.26. The molecule has 0 spiro atoms. The van der Waals surface area contributed by atoms with Crippen molar-refractivity contribution < 1.29 is 9.90 Å². The number of hydrogen-bond acceptors (Lipinski definition) is 2. The van der Waals surface area contributed by atoms with Crippen LogP contribution < -0.4 is 4.90 Å². The van der Waals surface area contributed by atoms with Crippen LogP contribution in [-0.2, 0) is 4.79 Å². The van der Waals surface area contributed by atoms with Crippen molar-refractivity contribution in [3.05, 3.63) is 96.6 Å². The molecule has 3 nitrogen and oxygen atoms in total. The second-order valence-corrected chi connectivity index (χ2v) is 5.99. The third-order valence-corrected chi connectivity index (χ3v) is 4.25. The van der Waals surface area contributed by atoms with Crippen molar-refractivity contribution in [1.29, 1.82) is 0 Å². The minimum absolute atomic E-state index is 0.145. The number of aliphatic hydroxyl groups excluding tert-OH is 1. The first-order valence-electron chi connectivity index (χ1n) is 8.35. The maximum absolute atomic E-state index is 13.2. The van der Waals surface area contributed by atoms with E-state index >= 15 is 0 Å². The number of anilines is 2. The monoisotopic (exact) mass is 331 g/mol. The largest absolute Gasteiger partial charge is 0.388 e. The van der Waals surface area contributed by atoms with Gasteiger partial charge in [0.1, 0.15) is 0 Å². The van der Waals surface area contributed by atoms with E-state index in [1.807, 2.05) is 91.0 Å². The molecule has 0 aliphatic carbocycles. The molecule has 0 saturated heterocycles. The summed E-state index contributed by atoms with van der Waals surface area (Å²) in [7, 11) is 0. The van der Waals surface area contributed by atoms with Crippen LogP contribution in [0.2, 0.25) is 0 Å². The standard InChI is InChI=1S/C22H21NO2/c1-17(21(24)18-11-5-2-6-12-18)22(25)23(19-13-7-3-8-14-19)20-15-9-4-10-16-20/h2-17,21,24H,1H3/t17-,21-/m0/s1. The summed E-state index contributed by atoms with van der Waals surface area (Å²) >= 11 is 0. The van der Waals surface area contributed by atoms with Crippen LogP contribution in [-0.4, -0.2) is 11.0 Å². The maximum Gasteiger partial charge on any atom is 0.237 e. The summed E-state index contributed by atoms with van der Waals surface area (Å²) in [6.07, 6.45) is -0.858. The van der Waals surface area contributed by atoms with Gasteiger partial charge in [0, 0.05) is 11.4 Å². The Morgan fingerprint density at radius 1 is 0.760 bits per heavy atom. The summed E-state index contributed by atoms with van der Waals surface area (Å²) < 4.78 is 0. The number of rotatable bonds is 5. The molecule has 3 aromatic rings. The topological polar surface area (TPSA) is 40.5 Å². The lowest BCUT2D eigenvalue weighted by atomic mass is 9.95. The highest BCUT2D eigenvalue weighted by Gasteiger charge is 2.29. The smallest absolute Gasteiger partial charge is 0.237 e. The van der Waals surface area contributed by atoms with Gasteiger partial charge in [0.25, 0.3) is 0 Å². The van der Waals surface area contributed by atoms with Gasteiger partial charge in [-0.25, -0.2) is 0 Å². The number of carbonyl (C=O) groups is 1. The van der Waals surface area contributed by atoms with Crippen LogP contribution in [0, 0.1) is 5.92 Å². The Morgan fingerprint density at radius 3 is 1.60 bits per heavy atom. The van der Waals surface area contributed by atoms with Gasteiger partial charge in [-0.05, 0) is 29.8 Å². The number of hydrogen-bond donors (Lipinski definition) is 1. The summed E-state index contributed by atoms with van der Waals surface area (Å²) in [5, 5.41) is 10.7. The first kappa shape index (κ1) is 16.9. The second kappa shape index (κ2) is 7.77. The van der Waals surface area contributed by atoms with Crippen molar-refractivity contribution in [2.24, 2.45) is 5.92 Å². The normalized spacial score (nSPS) is 13.0. The van der Waals surface area contributed by atoms with Crippen molar-refractivity contribution in [2.45, 2.75) is 13.0 Å². The number of para-hydroxylation sites is 2. The second-order valence-electron chi connectivity index (χ2n) is 5.99. The molecule has 3 aromatic carbocycles. The quantitative estimate of drug-likeness (QED) is 0.735. The van der Waals surface area contributed by atoms with E-state index in [4.69, 9.17) is 0 Å². The molecule has 126 valence electrons. The number of amides is 1. The molecule has 0 aliphatic rings. The van der Waals surface area contributed by atoms with Gasteiger partial charge < -0.3 is 5.11 Å². The van der Waals surface area contributed by atoms with E-state index in [0.29, 0.717) is 0 Å². The molecule has 0 saturated carbocycles. The van der Waals surface area contributed by atoms with Gasteiger partial charge in [0.2, 0.25) is 5.91 Å². The average molecular weight is 331 g/mol. The molecule has 1 amide bonds. The lowest BCUT2D eigenvalue weighted by Gasteiger charge is -2.28. The van der Waals surface area contributed by atoms with Crippen LogP contribution in [0.1, 0.15) is 18.6 Å². The van der Waals surface area contributed by atoms with Gasteiger partial charge in [-0.2, -0.15) is 0 Å². The van der Waals surface area contributed by atoms with E-state index in [1.54, 1.807) is 11.8 Å². The molecular formula is C22H21NO2. The predicted molar refractivity (Wildman–Crippen MR) is 101 cm³/mol. The van der Waals surface area contributed by atoms with Gasteiger partial charge in [-0.15, -0.1) is 0 Å². The van der Waals surface area contributed by atoms with Crippen molar-refractivity contribution >= 4 is 17.3 Å². The molecule has 0 unspecified atom stereocenters. The van der Waals surface area contributed by atoms with Gasteiger partial charge >= 0.3 is 0 Å². The van der Waals surface area contributed by atoms with E-state index in [0.717, 1.165) is 16.9 Å². The zero-order valence-corrected chi connectivity index (χ0v) is 14.1. The zero-order chi connectivity index (χ0) is 17.6. The molecule has 0 radical (unpaired) electrons. The van der Waals surface area contributed by atoms with Crippen LogP contribution in [0.3, 0.4) is 0 Å². The molecule has 2 atom stereocenters. The Bertz CT molecular complexity index is 764. The average Bonchev–Trinajstić information content (AvgIpc) is 2.69. The van der Waals surface area contributed by atoms with Crippen LogP contribution in [0.4, 0.5) is 11.4 Å². The molecule has 0 aliphatic heterocycles. The number of aliphatic hydroxyl groups is 1. The SMILES string of the molecule is C[C@H](C(=O)N(c1ccccc1)c1ccccc1)[C@H](O)c1ccccc1. The van der Waals surface area contributed by atoms with Crippen LogP contribution in [0.5, 0.6) is 0 Å². The van der Waals surface area contributed by atoms with Gasteiger partial charge in [0.05, 0.1) is 12.0 Å². The Morgan fingerprint density at radius 2 is 1.16 bits per heavy atom. The van der Waals surface area contributed by atoms with Gasteiger partial charge in [-0.1, -0.05) is 73.7 Å². The number of carbonyl (C=O) groups excluding carboxylic acids is 1. The molecule has 1 N–H and O–H groups in total. The van der Waals surface area contributed by atoms with E-state index in [-0.39, 0.29) is 5.91 Å². The summed E-state index contributed by atoms with van der Waals surface area (Å²) in [5.41, 5.74) is 2.31. The fourth-order valence-electron chi connectivity index (χ4n) is 2.84. The molecule has 3 rings (SSSR count). The highest BCUT2D eigenvalue weighted by atomic mass is 16.3. The third-order valence-electron chi connectivity index (χ3n) is 4.25. The first-order valence-corrected chi connectivity index (χ1v) is 8.35. The Labute approximate surface area is 148 Å². The minimum atomic E-state index is -0.858. The van der Waals surface area contributed by atoms with Crippen molar-refractivity contribution in [2.75, 3.05) is 4.90 Å². The predicted octanol–water partition coefficient (Wildman–Crippen LogP) is 4.72.